The maximum absolute atomic E-state index is 11.3. The minimum atomic E-state index is -0.0244. The molecular formula is C15H22N2O2. The van der Waals surface area contributed by atoms with Crippen LogP contribution in [0.5, 0.6) is 0 Å². The van der Waals surface area contributed by atoms with E-state index in [2.05, 4.69) is 34.5 Å². The first-order chi connectivity index (χ1) is 9.31. The van der Waals surface area contributed by atoms with E-state index in [0.717, 1.165) is 25.9 Å². The van der Waals surface area contributed by atoms with E-state index in [4.69, 9.17) is 4.74 Å². The number of fused-ring (bicyclic) bond motifs is 1. The van der Waals surface area contributed by atoms with Crippen LogP contribution in [0.1, 0.15) is 18.9 Å². The smallest absolute Gasteiger partial charge is 0.245 e. The van der Waals surface area contributed by atoms with Crippen LogP contribution in [0.15, 0.2) is 24.3 Å². The largest absolute Gasteiger partial charge is 0.372 e. The molecule has 4 heteroatoms. The Morgan fingerprint density at radius 2 is 2.26 bits per heavy atom. The highest BCUT2D eigenvalue weighted by Crippen LogP contribution is 2.27. The van der Waals surface area contributed by atoms with Gasteiger partial charge in [-0.2, -0.15) is 0 Å². The van der Waals surface area contributed by atoms with Crippen LogP contribution in [0.25, 0.3) is 0 Å². The first kappa shape index (κ1) is 13.9. The number of nitrogens with zero attached hydrogens (tertiary/aromatic N) is 1. The minimum Gasteiger partial charge on any atom is -0.372 e. The first-order valence-electron chi connectivity index (χ1n) is 6.98. The maximum atomic E-state index is 11.3. The number of benzene rings is 1. The van der Waals surface area contributed by atoms with Crippen LogP contribution < -0.4 is 10.2 Å². The summed E-state index contributed by atoms with van der Waals surface area (Å²) >= 11 is 0. The van der Waals surface area contributed by atoms with Gasteiger partial charge in [0.05, 0.1) is 0 Å². The molecule has 19 heavy (non-hydrogen) atoms. The topological polar surface area (TPSA) is 41.6 Å². The molecule has 1 aromatic rings. The fourth-order valence-electron chi connectivity index (χ4n) is 2.38. The summed E-state index contributed by atoms with van der Waals surface area (Å²) in [5, 5.41) is 2.87. The van der Waals surface area contributed by atoms with Gasteiger partial charge < -0.3 is 15.0 Å². The van der Waals surface area contributed by atoms with Gasteiger partial charge in [-0.3, -0.25) is 4.79 Å². The lowest BCUT2D eigenvalue weighted by atomic mass is 10.2. The second kappa shape index (κ2) is 7.14. The zero-order valence-electron chi connectivity index (χ0n) is 11.5. The SMILES string of the molecule is CCOCC(=O)NCCCN1CCc2ccccc21. The molecule has 0 bridgehead atoms. The molecule has 0 atom stereocenters. The Morgan fingerprint density at radius 3 is 3.11 bits per heavy atom. The Labute approximate surface area is 114 Å². The number of hydrogen-bond acceptors (Lipinski definition) is 3. The van der Waals surface area contributed by atoms with E-state index in [0.29, 0.717) is 13.2 Å². The molecule has 1 aliphatic heterocycles. The second-order valence-electron chi connectivity index (χ2n) is 4.71. The molecule has 1 aromatic carbocycles. The van der Waals surface area contributed by atoms with Gasteiger partial charge in [0.15, 0.2) is 0 Å². The van der Waals surface area contributed by atoms with Crippen LogP contribution in [-0.4, -0.2) is 38.8 Å². The molecule has 1 amide bonds. The van der Waals surface area contributed by atoms with Crippen molar-refractivity contribution < 1.29 is 9.53 Å². The standard InChI is InChI=1S/C15H22N2O2/c1-2-19-12-15(18)16-9-5-10-17-11-8-13-6-3-4-7-14(13)17/h3-4,6-7H,2,5,8-12H2,1H3,(H,16,18). The van der Waals surface area contributed by atoms with Crippen molar-refractivity contribution in [3.8, 4) is 0 Å². The van der Waals surface area contributed by atoms with Crippen molar-refractivity contribution in [1.82, 2.24) is 5.32 Å². The van der Waals surface area contributed by atoms with Crippen LogP contribution in [0.2, 0.25) is 0 Å². The molecule has 1 heterocycles. The minimum absolute atomic E-state index is 0.0244. The van der Waals surface area contributed by atoms with Crippen molar-refractivity contribution in [3.05, 3.63) is 29.8 Å². The van der Waals surface area contributed by atoms with Crippen molar-refractivity contribution in [3.63, 3.8) is 0 Å². The number of ether oxygens (including phenoxy) is 1. The number of rotatable bonds is 7. The number of nitrogens with one attached hydrogen (secondary N) is 1. The van der Waals surface area contributed by atoms with E-state index in [1.807, 2.05) is 6.92 Å². The van der Waals surface area contributed by atoms with Gasteiger partial charge >= 0.3 is 0 Å². The summed E-state index contributed by atoms with van der Waals surface area (Å²) in [6, 6.07) is 8.55. The maximum Gasteiger partial charge on any atom is 0.245 e. The molecule has 0 saturated heterocycles. The second-order valence-corrected chi connectivity index (χ2v) is 4.71. The van der Waals surface area contributed by atoms with Crippen molar-refractivity contribution in [2.24, 2.45) is 0 Å². The molecule has 0 aromatic heterocycles. The van der Waals surface area contributed by atoms with E-state index in [1.54, 1.807) is 0 Å². The Hall–Kier alpha value is -1.55. The Balaban J connectivity index is 1.66. The zero-order valence-corrected chi connectivity index (χ0v) is 11.5. The highest BCUT2D eigenvalue weighted by molar-refractivity contribution is 5.77. The fourth-order valence-corrected chi connectivity index (χ4v) is 2.38. The summed E-state index contributed by atoms with van der Waals surface area (Å²) in [7, 11) is 0. The molecule has 0 aliphatic carbocycles. The van der Waals surface area contributed by atoms with E-state index in [9.17, 15) is 4.79 Å². The normalized spacial score (nSPS) is 13.4. The van der Waals surface area contributed by atoms with E-state index >= 15 is 0 Å². The molecule has 0 unspecified atom stereocenters. The number of carbonyl (C=O) groups excluding carboxylic acids is 1. The summed E-state index contributed by atoms with van der Waals surface area (Å²) in [5.74, 6) is -0.0244. The number of para-hydroxylation sites is 1. The van der Waals surface area contributed by atoms with E-state index < -0.39 is 0 Å². The molecule has 0 radical (unpaired) electrons. The summed E-state index contributed by atoms with van der Waals surface area (Å²) in [5.41, 5.74) is 2.78. The molecule has 1 aliphatic rings. The predicted octanol–water partition coefficient (Wildman–Crippen LogP) is 1.59. The zero-order chi connectivity index (χ0) is 13.5. The molecule has 1 N–H and O–H groups in total. The predicted molar refractivity (Wildman–Crippen MR) is 76.5 cm³/mol. The average molecular weight is 262 g/mol. The number of hydrogen-bond donors (Lipinski definition) is 1. The summed E-state index contributed by atoms with van der Waals surface area (Å²) in [6.45, 7) is 5.43. The molecule has 104 valence electrons. The van der Waals surface area contributed by atoms with Gasteiger partial charge in [-0.1, -0.05) is 18.2 Å². The molecule has 0 saturated carbocycles. The van der Waals surface area contributed by atoms with Crippen LogP contribution >= 0.6 is 0 Å². The summed E-state index contributed by atoms with van der Waals surface area (Å²) in [4.78, 5) is 13.7. The third-order valence-corrected chi connectivity index (χ3v) is 3.35. The molecule has 0 fully saturated rings. The van der Waals surface area contributed by atoms with Crippen molar-refractivity contribution in [1.29, 1.82) is 0 Å². The van der Waals surface area contributed by atoms with Gasteiger partial charge in [0.25, 0.3) is 0 Å². The Kier molecular flexibility index (Phi) is 5.21. The Bertz CT molecular complexity index is 420. The quantitative estimate of drug-likeness (QED) is 0.759. The van der Waals surface area contributed by atoms with Crippen molar-refractivity contribution in [2.75, 3.05) is 37.7 Å². The average Bonchev–Trinajstić information content (AvgIpc) is 2.85. The first-order valence-corrected chi connectivity index (χ1v) is 6.98. The van der Waals surface area contributed by atoms with Gasteiger partial charge in [-0.05, 0) is 31.4 Å². The Morgan fingerprint density at radius 1 is 1.42 bits per heavy atom. The molecular weight excluding hydrogens is 240 g/mol. The highest BCUT2D eigenvalue weighted by Gasteiger charge is 2.17. The van der Waals surface area contributed by atoms with Crippen LogP contribution in [0, 0.1) is 0 Å². The third kappa shape index (κ3) is 3.96. The van der Waals surface area contributed by atoms with E-state index in [1.165, 1.54) is 11.3 Å². The van der Waals surface area contributed by atoms with Crippen molar-refractivity contribution in [2.45, 2.75) is 19.8 Å². The lowest BCUT2D eigenvalue weighted by Crippen LogP contribution is -2.31. The molecule has 2 rings (SSSR count). The van der Waals surface area contributed by atoms with Gasteiger partial charge in [0.2, 0.25) is 5.91 Å². The van der Waals surface area contributed by atoms with Crippen molar-refractivity contribution >= 4 is 11.6 Å². The third-order valence-electron chi connectivity index (χ3n) is 3.35. The fraction of sp³-hybridized carbons (Fsp3) is 0.533. The van der Waals surface area contributed by atoms with Gasteiger partial charge in [0, 0.05) is 31.9 Å². The van der Waals surface area contributed by atoms with Gasteiger partial charge in [0.1, 0.15) is 6.61 Å². The summed E-state index contributed by atoms with van der Waals surface area (Å²) < 4.78 is 5.05. The van der Waals surface area contributed by atoms with Gasteiger partial charge in [-0.25, -0.2) is 0 Å². The monoisotopic (exact) mass is 262 g/mol. The highest BCUT2D eigenvalue weighted by atomic mass is 16.5. The lowest BCUT2D eigenvalue weighted by Gasteiger charge is -2.19. The number of carbonyl (C=O) groups is 1. The molecule has 4 nitrogen and oxygen atoms in total. The van der Waals surface area contributed by atoms with Crippen LogP contribution in [-0.2, 0) is 16.0 Å². The van der Waals surface area contributed by atoms with Gasteiger partial charge in [-0.15, -0.1) is 0 Å². The molecule has 0 spiro atoms. The van der Waals surface area contributed by atoms with E-state index in [-0.39, 0.29) is 12.5 Å². The van der Waals surface area contributed by atoms with Crippen LogP contribution in [0.4, 0.5) is 5.69 Å². The van der Waals surface area contributed by atoms with Crippen LogP contribution in [0.3, 0.4) is 0 Å². The number of amides is 1. The number of anilines is 1. The summed E-state index contributed by atoms with van der Waals surface area (Å²) in [6.07, 6.45) is 2.10. The lowest BCUT2D eigenvalue weighted by molar-refractivity contribution is -0.125.